The van der Waals surface area contributed by atoms with E-state index in [9.17, 15) is 0 Å². The Morgan fingerprint density at radius 2 is 2.00 bits per heavy atom. The summed E-state index contributed by atoms with van der Waals surface area (Å²) in [4.78, 5) is 0. The van der Waals surface area contributed by atoms with Crippen LogP contribution in [0.2, 0.25) is 0 Å². The molecule has 0 unspecified atom stereocenters. The van der Waals surface area contributed by atoms with Gasteiger partial charge in [-0.2, -0.15) is 0 Å². The molecule has 11 heavy (non-hydrogen) atoms. The Bertz CT molecular complexity index is 267. The van der Waals surface area contributed by atoms with Gasteiger partial charge in [0.2, 0.25) is 0 Å². The summed E-state index contributed by atoms with van der Waals surface area (Å²) in [5.41, 5.74) is 6.43. The summed E-state index contributed by atoms with van der Waals surface area (Å²) < 4.78 is 0.604. The highest BCUT2D eigenvalue weighted by molar-refractivity contribution is 9.10. The largest absolute Gasteiger partial charge is 0.489 e. The van der Waals surface area contributed by atoms with Gasteiger partial charge in [0.15, 0.2) is 0 Å². The highest BCUT2D eigenvalue weighted by Crippen LogP contribution is 2.10. The number of halogens is 1. The lowest BCUT2D eigenvalue weighted by Crippen LogP contribution is -2.30. The molecule has 0 radical (unpaired) electrons. The fourth-order valence-electron chi connectivity index (χ4n) is 0.753. The van der Waals surface area contributed by atoms with Crippen molar-refractivity contribution in [3.05, 3.63) is 22.7 Å². The predicted octanol–water partition coefficient (Wildman–Crippen LogP) is -0.289. The molecule has 0 saturated carbocycles. The average molecular weight is 216 g/mol. The van der Waals surface area contributed by atoms with E-state index in [1.807, 2.05) is 0 Å². The van der Waals surface area contributed by atoms with E-state index < -0.39 is 7.12 Å². The van der Waals surface area contributed by atoms with Crippen LogP contribution in [0.1, 0.15) is 0 Å². The van der Waals surface area contributed by atoms with Crippen molar-refractivity contribution in [2.45, 2.75) is 0 Å². The fraction of sp³-hybridized carbons (Fsp3) is 0. The molecule has 3 nitrogen and oxygen atoms in total. The van der Waals surface area contributed by atoms with Crippen molar-refractivity contribution in [3.8, 4) is 0 Å². The Kier molecular flexibility index (Phi) is 2.54. The Labute approximate surface area is 73.1 Å². The normalized spacial score (nSPS) is 9.73. The van der Waals surface area contributed by atoms with Gasteiger partial charge >= 0.3 is 7.12 Å². The summed E-state index contributed by atoms with van der Waals surface area (Å²) in [6.45, 7) is 0. The predicted molar refractivity (Wildman–Crippen MR) is 48.4 cm³/mol. The highest BCUT2D eigenvalue weighted by Gasteiger charge is 2.13. The molecule has 1 aromatic rings. The van der Waals surface area contributed by atoms with Crippen LogP contribution in [0.4, 0.5) is 5.69 Å². The van der Waals surface area contributed by atoms with Gasteiger partial charge in [0, 0.05) is 10.2 Å². The molecule has 58 valence electrons. The fourth-order valence-corrected chi connectivity index (χ4v) is 1.35. The molecule has 0 heterocycles. The van der Waals surface area contributed by atoms with E-state index in [0.29, 0.717) is 15.6 Å². The SMILES string of the molecule is Nc1ccc(B(O)O)c(Br)c1. The highest BCUT2D eigenvalue weighted by atomic mass is 79.9. The van der Waals surface area contributed by atoms with Crippen LogP contribution in [0.3, 0.4) is 0 Å². The van der Waals surface area contributed by atoms with Gasteiger partial charge in [-0.3, -0.25) is 0 Å². The van der Waals surface area contributed by atoms with Gasteiger partial charge in [0.1, 0.15) is 0 Å². The Balaban J connectivity index is 3.09. The second-order valence-corrected chi connectivity index (χ2v) is 3.01. The van der Waals surface area contributed by atoms with Gasteiger partial charge in [-0.1, -0.05) is 22.0 Å². The lowest BCUT2D eigenvalue weighted by molar-refractivity contribution is 0.425. The number of hydrogen-bond acceptors (Lipinski definition) is 3. The van der Waals surface area contributed by atoms with Crippen LogP contribution in [-0.4, -0.2) is 17.2 Å². The molecule has 4 N–H and O–H groups in total. The lowest BCUT2D eigenvalue weighted by Gasteiger charge is -2.02. The van der Waals surface area contributed by atoms with Gasteiger partial charge in [0.05, 0.1) is 0 Å². The minimum atomic E-state index is -1.45. The first-order chi connectivity index (χ1) is 5.11. The van der Waals surface area contributed by atoms with Crippen LogP contribution in [-0.2, 0) is 0 Å². The molecule has 0 bridgehead atoms. The summed E-state index contributed by atoms with van der Waals surface area (Å²) >= 11 is 3.15. The maximum atomic E-state index is 8.78. The smallest absolute Gasteiger partial charge is 0.423 e. The number of hydrogen-bond donors (Lipinski definition) is 3. The molecule has 0 saturated heterocycles. The van der Waals surface area contributed by atoms with Gasteiger partial charge in [0.25, 0.3) is 0 Å². The number of nitrogen functional groups attached to an aromatic ring is 1. The third kappa shape index (κ3) is 1.96. The summed E-state index contributed by atoms with van der Waals surface area (Å²) in [6.07, 6.45) is 0. The quantitative estimate of drug-likeness (QED) is 0.446. The third-order valence-corrected chi connectivity index (χ3v) is 1.99. The number of nitrogens with two attached hydrogens (primary N) is 1. The zero-order valence-electron chi connectivity index (χ0n) is 5.66. The van der Waals surface area contributed by atoms with Crippen LogP contribution in [0.5, 0.6) is 0 Å². The van der Waals surface area contributed by atoms with Crippen LogP contribution in [0.15, 0.2) is 22.7 Å². The van der Waals surface area contributed by atoms with Crippen LogP contribution in [0.25, 0.3) is 0 Å². The van der Waals surface area contributed by atoms with Crippen molar-refractivity contribution in [1.29, 1.82) is 0 Å². The second-order valence-electron chi connectivity index (χ2n) is 2.15. The van der Waals surface area contributed by atoms with Crippen molar-refractivity contribution in [3.63, 3.8) is 0 Å². The number of anilines is 1. The molecule has 0 aliphatic carbocycles. The van der Waals surface area contributed by atoms with Crippen molar-refractivity contribution in [2.24, 2.45) is 0 Å². The molecular weight excluding hydrogens is 209 g/mol. The van der Waals surface area contributed by atoms with E-state index in [4.69, 9.17) is 15.8 Å². The third-order valence-electron chi connectivity index (χ3n) is 1.30. The summed E-state index contributed by atoms with van der Waals surface area (Å²) in [7, 11) is -1.45. The van der Waals surface area contributed by atoms with Crippen molar-refractivity contribution >= 4 is 34.2 Å². The van der Waals surface area contributed by atoms with E-state index >= 15 is 0 Å². The topological polar surface area (TPSA) is 66.5 Å². The zero-order chi connectivity index (χ0) is 8.43. The minimum Gasteiger partial charge on any atom is -0.423 e. The lowest BCUT2D eigenvalue weighted by atomic mass is 9.80. The van der Waals surface area contributed by atoms with Gasteiger partial charge in [-0.15, -0.1) is 0 Å². The van der Waals surface area contributed by atoms with Crippen molar-refractivity contribution in [2.75, 3.05) is 5.73 Å². The molecule has 0 aromatic heterocycles. The monoisotopic (exact) mass is 215 g/mol. The second kappa shape index (κ2) is 3.25. The van der Waals surface area contributed by atoms with Crippen LogP contribution in [0, 0.1) is 0 Å². The Morgan fingerprint density at radius 3 is 2.45 bits per heavy atom. The standard InChI is InChI=1S/C6H7BBrNO2/c8-6-3-4(9)1-2-5(6)7(10)11/h1-3,10-11H,9H2. The maximum absolute atomic E-state index is 8.78. The van der Waals surface area contributed by atoms with Gasteiger partial charge < -0.3 is 15.8 Å². The van der Waals surface area contributed by atoms with E-state index in [1.54, 1.807) is 18.2 Å². The molecule has 1 aromatic carbocycles. The minimum absolute atomic E-state index is 0.416. The molecule has 5 heteroatoms. The first-order valence-corrected chi connectivity index (χ1v) is 3.81. The molecule has 1 rings (SSSR count). The van der Waals surface area contributed by atoms with Gasteiger partial charge in [-0.25, -0.2) is 0 Å². The summed E-state index contributed by atoms with van der Waals surface area (Å²) in [5, 5.41) is 17.6. The molecule has 0 atom stereocenters. The molecule has 0 aliphatic rings. The summed E-state index contributed by atoms with van der Waals surface area (Å²) in [5.74, 6) is 0. The number of rotatable bonds is 1. The summed E-state index contributed by atoms with van der Waals surface area (Å²) in [6, 6.07) is 4.79. The Morgan fingerprint density at radius 1 is 1.36 bits per heavy atom. The Hall–Kier alpha value is -0.515. The zero-order valence-corrected chi connectivity index (χ0v) is 7.25. The first-order valence-electron chi connectivity index (χ1n) is 3.02. The average Bonchev–Trinajstić information content (AvgIpc) is 1.85. The molecule has 0 aliphatic heterocycles. The van der Waals surface area contributed by atoms with E-state index in [0.717, 1.165) is 0 Å². The maximum Gasteiger partial charge on any atom is 0.489 e. The van der Waals surface area contributed by atoms with Crippen LogP contribution >= 0.6 is 15.9 Å². The molecule has 0 amide bonds. The first kappa shape index (κ1) is 8.58. The van der Waals surface area contributed by atoms with Crippen molar-refractivity contribution < 1.29 is 10.0 Å². The van der Waals surface area contributed by atoms with E-state index in [-0.39, 0.29) is 0 Å². The van der Waals surface area contributed by atoms with Crippen molar-refractivity contribution in [1.82, 2.24) is 0 Å². The van der Waals surface area contributed by atoms with Gasteiger partial charge in [-0.05, 0) is 17.6 Å². The van der Waals surface area contributed by atoms with E-state index in [2.05, 4.69) is 15.9 Å². The number of benzene rings is 1. The molecule has 0 fully saturated rings. The molecular formula is C6H7BBrNO2. The van der Waals surface area contributed by atoms with Crippen LogP contribution < -0.4 is 11.2 Å². The molecule has 0 spiro atoms. The van der Waals surface area contributed by atoms with E-state index in [1.165, 1.54) is 0 Å².